The first-order chi connectivity index (χ1) is 20.4. The number of carbonyl (C=O) groups excluding carboxylic acids is 3. The molecule has 9 heteroatoms. The smallest absolute Gasteiger partial charge is 0.458 e. The molecule has 43 heavy (non-hydrogen) atoms. The first kappa shape index (κ1) is 31.5. The van der Waals surface area contributed by atoms with Crippen LogP contribution in [0.4, 0.5) is 4.79 Å². The molecule has 0 amide bonds. The molecule has 7 atom stereocenters. The van der Waals surface area contributed by atoms with Crippen LogP contribution in [-0.2, 0) is 23.8 Å². The van der Waals surface area contributed by atoms with Crippen LogP contribution in [0.1, 0.15) is 110 Å². The van der Waals surface area contributed by atoms with Crippen LogP contribution in [0.5, 0.6) is 0 Å². The molecule has 5 rings (SSSR count). The van der Waals surface area contributed by atoms with Crippen molar-refractivity contribution in [1.82, 2.24) is 0 Å². The molecule has 3 fully saturated rings. The van der Waals surface area contributed by atoms with Gasteiger partial charge in [-0.3, -0.25) is 9.59 Å². The van der Waals surface area contributed by atoms with Crippen molar-refractivity contribution in [3.63, 3.8) is 0 Å². The van der Waals surface area contributed by atoms with Gasteiger partial charge in [-0.1, -0.05) is 33.3 Å². The van der Waals surface area contributed by atoms with E-state index in [1.165, 1.54) is 11.6 Å². The van der Waals surface area contributed by atoms with Gasteiger partial charge in [0.25, 0.3) is 0 Å². The summed E-state index contributed by atoms with van der Waals surface area (Å²) < 4.78 is 20.4. The molecule has 0 radical (unpaired) electrons. The van der Waals surface area contributed by atoms with Crippen molar-refractivity contribution in [2.75, 3.05) is 6.61 Å². The van der Waals surface area contributed by atoms with E-state index in [4.69, 9.17) is 13.9 Å². The molecule has 0 unspecified atom stereocenters. The lowest BCUT2D eigenvalue weighted by atomic mass is 9.45. The number of ether oxygens (including phenoxy) is 3. The maximum absolute atomic E-state index is 12.6. The third-order valence-electron chi connectivity index (χ3n) is 11.2. The van der Waals surface area contributed by atoms with Crippen LogP contribution in [0.2, 0.25) is 0 Å². The first-order valence-electron chi connectivity index (χ1n) is 15.9. The second kappa shape index (κ2) is 12.2. The van der Waals surface area contributed by atoms with Crippen LogP contribution < -0.4 is 5.63 Å². The Labute approximate surface area is 253 Å². The Kier molecular flexibility index (Phi) is 8.94. The van der Waals surface area contributed by atoms with E-state index in [9.17, 15) is 24.3 Å². The van der Waals surface area contributed by atoms with Gasteiger partial charge in [-0.25, -0.2) is 9.59 Å². The Morgan fingerprint density at radius 3 is 2.49 bits per heavy atom. The molecule has 0 aliphatic heterocycles. The normalized spacial score (nSPS) is 34.8. The summed E-state index contributed by atoms with van der Waals surface area (Å²) in [5, 5.41) is 12.4. The van der Waals surface area contributed by atoms with Crippen molar-refractivity contribution in [3.05, 3.63) is 46.0 Å². The molecule has 4 aliphatic rings. The molecule has 0 aromatic carbocycles. The maximum atomic E-state index is 12.6. The van der Waals surface area contributed by atoms with Gasteiger partial charge in [0.15, 0.2) is 0 Å². The fourth-order valence-corrected chi connectivity index (χ4v) is 8.87. The Bertz CT molecular complexity index is 1290. The molecular formula is C34H46O9. The summed E-state index contributed by atoms with van der Waals surface area (Å²) in [4.78, 5) is 47.5. The highest BCUT2D eigenvalue weighted by Gasteiger charge is 2.66. The van der Waals surface area contributed by atoms with Crippen LogP contribution in [0.25, 0.3) is 0 Å². The van der Waals surface area contributed by atoms with Crippen LogP contribution in [0.15, 0.2) is 39.3 Å². The molecule has 9 nitrogen and oxygen atoms in total. The van der Waals surface area contributed by atoms with E-state index in [0.717, 1.165) is 56.9 Å². The minimum Gasteiger partial charge on any atom is -0.458 e. The molecule has 0 bridgehead atoms. The topological polar surface area (TPSA) is 129 Å². The number of carbonyl (C=O) groups is 3. The maximum Gasteiger partial charge on any atom is 0.516 e. The summed E-state index contributed by atoms with van der Waals surface area (Å²) in [5.74, 6) is -0.252. The van der Waals surface area contributed by atoms with Gasteiger partial charge in [-0.2, -0.15) is 0 Å². The summed E-state index contributed by atoms with van der Waals surface area (Å²) in [6, 6.07) is 3.34. The standard InChI is InChI=1S/C34H46O9/c1-21(2)19-41-31(38)43-30(37)7-5-6-29(36)42-24-12-15-32(3)23(18-24)9-10-27-26(32)13-16-33(4)25(14-17-34(27,33)39)22-8-11-28(35)40-20-22/h8,11,18,20-21,24-27,39H,5-7,9-10,12-17,19H2,1-4H3/t24-,25+,26-,27+,32-,33+,34-/m0/s1. The molecule has 0 spiro atoms. The quantitative estimate of drug-likeness (QED) is 0.211. The molecule has 3 saturated carbocycles. The van der Waals surface area contributed by atoms with Crippen molar-refractivity contribution in [2.24, 2.45) is 28.6 Å². The molecule has 1 aromatic rings. The average Bonchev–Trinajstić information content (AvgIpc) is 3.23. The zero-order chi connectivity index (χ0) is 31.0. The predicted octanol–water partition coefficient (Wildman–Crippen LogP) is 6.22. The lowest BCUT2D eigenvalue weighted by Crippen LogP contribution is -2.60. The Balaban J connectivity index is 1.16. The molecule has 1 N–H and O–H groups in total. The Hall–Kier alpha value is -2.94. The minimum atomic E-state index is -1.01. The third-order valence-corrected chi connectivity index (χ3v) is 11.2. The number of aliphatic hydroxyl groups is 1. The summed E-state index contributed by atoms with van der Waals surface area (Å²) in [7, 11) is 0. The van der Waals surface area contributed by atoms with Crippen LogP contribution >= 0.6 is 0 Å². The van der Waals surface area contributed by atoms with E-state index in [1.807, 2.05) is 19.9 Å². The molecule has 1 aromatic heterocycles. The summed E-state index contributed by atoms with van der Waals surface area (Å²) in [6.07, 6.45) is 9.57. The lowest BCUT2D eigenvalue weighted by molar-refractivity contribution is -0.178. The zero-order valence-corrected chi connectivity index (χ0v) is 25.9. The lowest BCUT2D eigenvalue weighted by Gasteiger charge is -2.61. The van der Waals surface area contributed by atoms with E-state index in [-0.39, 0.29) is 72.2 Å². The highest BCUT2D eigenvalue weighted by Crippen LogP contribution is 2.70. The number of esters is 2. The second-order valence-corrected chi connectivity index (χ2v) is 14.1. The first-order valence-corrected chi connectivity index (χ1v) is 15.9. The van der Waals surface area contributed by atoms with Gasteiger partial charge in [0.05, 0.1) is 18.5 Å². The van der Waals surface area contributed by atoms with E-state index in [2.05, 4.69) is 24.7 Å². The highest BCUT2D eigenvalue weighted by atomic mass is 16.7. The number of fused-ring (bicyclic) bond motifs is 5. The second-order valence-electron chi connectivity index (χ2n) is 14.1. The minimum absolute atomic E-state index is 0.0472. The third kappa shape index (κ3) is 6.06. The van der Waals surface area contributed by atoms with Crippen molar-refractivity contribution in [2.45, 2.75) is 116 Å². The molecule has 1 heterocycles. The van der Waals surface area contributed by atoms with Crippen molar-refractivity contribution in [1.29, 1.82) is 0 Å². The van der Waals surface area contributed by atoms with Crippen LogP contribution in [0, 0.1) is 28.6 Å². The SMILES string of the molecule is CC(C)COC(=O)OC(=O)CCCC(=O)O[C@@H]1C=C2CC[C@@H]3[C@H](CC[C@]4(C)[C@@H](c5ccc(=O)oc5)CC[C@]34O)[C@@]2(C)CC1. The van der Waals surface area contributed by atoms with Gasteiger partial charge >= 0.3 is 23.7 Å². The number of hydrogen-bond acceptors (Lipinski definition) is 9. The fourth-order valence-electron chi connectivity index (χ4n) is 8.87. The zero-order valence-electron chi connectivity index (χ0n) is 25.9. The van der Waals surface area contributed by atoms with Crippen molar-refractivity contribution >= 4 is 18.1 Å². The van der Waals surface area contributed by atoms with E-state index in [1.54, 1.807) is 6.26 Å². The molecule has 236 valence electrons. The highest BCUT2D eigenvalue weighted by molar-refractivity contribution is 5.82. The number of hydrogen-bond donors (Lipinski definition) is 1. The summed E-state index contributed by atoms with van der Waals surface area (Å²) in [5.41, 5.74) is 0.872. The molecular weight excluding hydrogens is 552 g/mol. The van der Waals surface area contributed by atoms with Gasteiger partial charge in [0, 0.05) is 24.3 Å². The summed E-state index contributed by atoms with van der Waals surface area (Å²) in [6.45, 7) is 8.49. The molecule has 4 aliphatic carbocycles. The van der Waals surface area contributed by atoms with Gasteiger partial charge in [-0.05, 0) is 105 Å². The van der Waals surface area contributed by atoms with Gasteiger partial charge in [0.1, 0.15) is 6.10 Å². The Morgan fingerprint density at radius 2 is 1.77 bits per heavy atom. The van der Waals surface area contributed by atoms with E-state index in [0.29, 0.717) is 5.92 Å². The number of allylic oxidation sites excluding steroid dienone is 1. The average molecular weight is 599 g/mol. The fraction of sp³-hybridized carbons (Fsp3) is 0.706. The summed E-state index contributed by atoms with van der Waals surface area (Å²) >= 11 is 0. The van der Waals surface area contributed by atoms with Gasteiger partial charge in [-0.15, -0.1) is 0 Å². The Morgan fingerprint density at radius 1 is 1.00 bits per heavy atom. The van der Waals surface area contributed by atoms with Crippen LogP contribution in [-0.4, -0.2) is 41.5 Å². The predicted molar refractivity (Wildman–Crippen MR) is 157 cm³/mol. The number of rotatable bonds is 8. The van der Waals surface area contributed by atoms with Crippen molar-refractivity contribution in [3.8, 4) is 0 Å². The van der Waals surface area contributed by atoms with Gasteiger partial charge < -0.3 is 23.7 Å². The molecule has 0 saturated heterocycles. The monoisotopic (exact) mass is 598 g/mol. The van der Waals surface area contributed by atoms with Crippen molar-refractivity contribution < 1.29 is 38.1 Å². The largest absolute Gasteiger partial charge is 0.516 e. The van der Waals surface area contributed by atoms with E-state index >= 15 is 0 Å². The van der Waals surface area contributed by atoms with E-state index < -0.39 is 17.7 Å². The van der Waals surface area contributed by atoms with Crippen LogP contribution in [0.3, 0.4) is 0 Å². The van der Waals surface area contributed by atoms with Gasteiger partial charge in [0.2, 0.25) is 0 Å².